The van der Waals surface area contributed by atoms with Crippen molar-refractivity contribution < 1.29 is 9.53 Å². The lowest BCUT2D eigenvalue weighted by Crippen LogP contribution is -2.29. The second-order valence-corrected chi connectivity index (χ2v) is 6.90. The average Bonchev–Trinajstić information content (AvgIpc) is 3.37. The molecule has 0 saturated carbocycles. The highest BCUT2D eigenvalue weighted by molar-refractivity contribution is 5.78. The largest absolute Gasteiger partial charge is 0.497 e. The Morgan fingerprint density at radius 3 is 2.86 bits per heavy atom. The molecule has 1 aromatic carbocycles. The molecule has 4 rings (SSSR count). The summed E-state index contributed by atoms with van der Waals surface area (Å²) in [5.41, 5.74) is 3.58. The van der Waals surface area contributed by atoms with Gasteiger partial charge < -0.3 is 15.4 Å². The molecule has 1 atom stereocenters. The molecule has 3 heterocycles. The van der Waals surface area contributed by atoms with E-state index in [2.05, 4.69) is 20.6 Å². The predicted octanol–water partition coefficient (Wildman–Crippen LogP) is 1.27. The summed E-state index contributed by atoms with van der Waals surface area (Å²) in [4.78, 5) is 21.2. The lowest BCUT2D eigenvalue weighted by Gasteiger charge is -2.07. The van der Waals surface area contributed by atoms with Gasteiger partial charge in [-0.15, -0.1) is 0 Å². The number of carbonyl (C=O) groups excluding carboxylic acids is 1. The second kappa shape index (κ2) is 8.35. The van der Waals surface area contributed by atoms with Crippen molar-refractivity contribution in [2.24, 2.45) is 0 Å². The Balaban J connectivity index is 1.38. The number of carbonyl (C=O) groups is 1. The van der Waals surface area contributed by atoms with Crippen molar-refractivity contribution >= 4 is 17.1 Å². The molecule has 1 amide bonds. The van der Waals surface area contributed by atoms with Crippen LogP contribution in [0.5, 0.6) is 5.75 Å². The van der Waals surface area contributed by atoms with Gasteiger partial charge in [0.05, 0.1) is 25.8 Å². The smallest absolute Gasteiger partial charge is 0.224 e. The van der Waals surface area contributed by atoms with Crippen LogP contribution in [0, 0.1) is 0 Å². The van der Waals surface area contributed by atoms with E-state index in [-0.39, 0.29) is 5.91 Å². The first-order valence-corrected chi connectivity index (χ1v) is 9.52. The number of ether oxygens (including phenoxy) is 1. The Morgan fingerprint density at radius 2 is 2.11 bits per heavy atom. The Bertz CT molecular complexity index is 947. The number of methoxy groups -OCH3 is 1. The predicted molar refractivity (Wildman–Crippen MR) is 105 cm³/mol. The van der Waals surface area contributed by atoms with Crippen LogP contribution >= 0.6 is 0 Å². The first kappa shape index (κ1) is 18.4. The van der Waals surface area contributed by atoms with Gasteiger partial charge in [-0.25, -0.2) is 14.6 Å². The highest BCUT2D eigenvalue weighted by Crippen LogP contribution is 2.26. The number of nitrogens with zero attached hydrogens (tertiary/aromatic N) is 4. The molecule has 0 spiro atoms. The molecular formula is C20H24N6O2. The summed E-state index contributed by atoms with van der Waals surface area (Å²) in [6.07, 6.45) is 4.78. The van der Waals surface area contributed by atoms with Crippen LogP contribution in [-0.2, 0) is 17.8 Å². The summed E-state index contributed by atoms with van der Waals surface area (Å²) in [6.45, 7) is 2.97. The Labute approximate surface area is 163 Å². The number of fused-ring (bicyclic) bond motifs is 1. The summed E-state index contributed by atoms with van der Waals surface area (Å²) in [5.74, 6) is 1.13. The van der Waals surface area contributed by atoms with E-state index in [1.54, 1.807) is 19.5 Å². The van der Waals surface area contributed by atoms with Crippen LogP contribution < -0.4 is 15.4 Å². The number of benzene rings is 1. The normalized spacial score (nSPS) is 16.4. The maximum absolute atomic E-state index is 12.2. The molecule has 0 aliphatic carbocycles. The zero-order chi connectivity index (χ0) is 19.3. The topological polar surface area (TPSA) is 94.0 Å². The second-order valence-electron chi connectivity index (χ2n) is 6.90. The van der Waals surface area contributed by atoms with Crippen LogP contribution in [0.4, 0.5) is 0 Å². The number of hydrogen-bond donors (Lipinski definition) is 2. The molecule has 8 heteroatoms. The van der Waals surface area contributed by atoms with Crippen molar-refractivity contribution in [3.05, 3.63) is 47.9 Å². The molecule has 0 bridgehead atoms. The van der Waals surface area contributed by atoms with E-state index in [0.717, 1.165) is 47.7 Å². The molecule has 28 heavy (non-hydrogen) atoms. The zero-order valence-corrected chi connectivity index (χ0v) is 15.9. The molecule has 1 saturated heterocycles. The van der Waals surface area contributed by atoms with Crippen LogP contribution in [0.25, 0.3) is 11.2 Å². The molecule has 1 aliphatic heterocycles. The first-order chi connectivity index (χ1) is 13.7. The summed E-state index contributed by atoms with van der Waals surface area (Å²) in [6, 6.07) is 7.51. The minimum atomic E-state index is -0.0204. The van der Waals surface area contributed by atoms with Crippen LogP contribution in [0.15, 0.2) is 36.7 Å². The van der Waals surface area contributed by atoms with E-state index in [1.807, 2.05) is 28.9 Å². The van der Waals surface area contributed by atoms with Crippen molar-refractivity contribution in [2.75, 3.05) is 26.7 Å². The first-order valence-electron chi connectivity index (χ1n) is 9.52. The average molecular weight is 380 g/mol. The SMILES string of the molecule is COc1ccc(CC(=O)NCCn2nc(C3CCNC3)c3nccnc32)cc1. The zero-order valence-electron chi connectivity index (χ0n) is 15.9. The van der Waals surface area contributed by atoms with Gasteiger partial charge in [-0.2, -0.15) is 5.10 Å². The van der Waals surface area contributed by atoms with Crippen molar-refractivity contribution in [3.8, 4) is 5.75 Å². The van der Waals surface area contributed by atoms with Gasteiger partial charge in [-0.1, -0.05) is 12.1 Å². The van der Waals surface area contributed by atoms with Crippen LogP contribution in [0.3, 0.4) is 0 Å². The molecule has 1 fully saturated rings. The standard InChI is InChI=1S/C20H24N6O2/c1-28-16-4-2-14(3-5-16)12-17(27)22-10-11-26-20-19(23-8-9-24-20)18(25-26)15-6-7-21-13-15/h2-5,8-9,15,21H,6-7,10-13H2,1H3,(H,22,27). The number of amides is 1. The number of aromatic nitrogens is 4. The van der Waals surface area contributed by atoms with Crippen LogP contribution in [-0.4, -0.2) is 52.4 Å². The summed E-state index contributed by atoms with van der Waals surface area (Å²) < 4.78 is 6.99. The van der Waals surface area contributed by atoms with Gasteiger partial charge in [0.2, 0.25) is 5.91 Å². The molecule has 2 aromatic heterocycles. The van der Waals surface area contributed by atoms with Crippen molar-refractivity contribution in [2.45, 2.75) is 25.3 Å². The van der Waals surface area contributed by atoms with Crippen molar-refractivity contribution in [1.82, 2.24) is 30.4 Å². The van der Waals surface area contributed by atoms with Gasteiger partial charge in [0.15, 0.2) is 5.65 Å². The fourth-order valence-electron chi connectivity index (χ4n) is 3.54. The fraction of sp³-hybridized carbons (Fsp3) is 0.400. The highest BCUT2D eigenvalue weighted by Gasteiger charge is 2.24. The van der Waals surface area contributed by atoms with Gasteiger partial charge in [-0.05, 0) is 30.7 Å². The third kappa shape index (κ3) is 3.96. The molecule has 0 radical (unpaired) electrons. The molecule has 1 aliphatic rings. The van der Waals surface area contributed by atoms with E-state index in [9.17, 15) is 4.79 Å². The Hall–Kier alpha value is -3.00. The van der Waals surface area contributed by atoms with Crippen molar-refractivity contribution in [1.29, 1.82) is 0 Å². The van der Waals surface area contributed by atoms with Crippen molar-refractivity contribution in [3.63, 3.8) is 0 Å². The van der Waals surface area contributed by atoms with Gasteiger partial charge >= 0.3 is 0 Å². The minimum Gasteiger partial charge on any atom is -0.497 e. The summed E-state index contributed by atoms with van der Waals surface area (Å²) in [5, 5.41) is 11.1. The summed E-state index contributed by atoms with van der Waals surface area (Å²) in [7, 11) is 1.62. The molecule has 1 unspecified atom stereocenters. The lowest BCUT2D eigenvalue weighted by molar-refractivity contribution is -0.120. The molecule has 8 nitrogen and oxygen atoms in total. The number of rotatable bonds is 7. The molecule has 146 valence electrons. The molecule has 2 N–H and O–H groups in total. The Kier molecular flexibility index (Phi) is 5.48. The van der Waals surface area contributed by atoms with E-state index in [1.165, 1.54) is 0 Å². The van der Waals surface area contributed by atoms with Gasteiger partial charge in [0.25, 0.3) is 0 Å². The maximum atomic E-state index is 12.2. The van der Waals surface area contributed by atoms with E-state index in [0.29, 0.717) is 25.4 Å². The van der Waals surface area contributed by atoms with Gasteiger partial charge in [-0.3, -0.25) is 4.79 Å². The molecule has 3 aromatic rings. The third-order valence-electron chi connectivity index (χ3n) is 5.01. The summed E-state index contributed by atoms with van der Waals surface area (Å²) >= 11 is 0. The number of nitrogens with one attached hydrogen (secondary N) is 2. The van der Waals surface area contributed by atoms with Crippen LogP contribution in [0.2, 0.25) is 0 Å². The third-order valence-corrected chi connectivity index (χ3v) is 5.01. The maximum Gasteiger partial charge on any atom is 0.224 e. The molecular weight excluding hydrogens is 356 g/mol. The van der Waals surface area contributed by atoms with Crippen LogP contribution in [0.1, 0.15) is 23.6 Å². The van der Waals surface area contributed by atoms with Gasteiger partial charge in [0.1, 0.15) is 11.3 Å². The van der Waals surface area contributed by atoms with E-state index in [4.69, 9.17) is 9.84 Å². The quantitative estimate of drug-likeness (QED) is 0.641. The highest BCUT2D eigenvalue weighted by atomic mass is 16.5. The monoisotopic (exact) mass is 380 g/mol. The fourth-order valence-corrected chi connectivity index (χ4v) is 3.54. The van der Waals surface area contributed by atoms with Gasteiger partial charge in [0, 0.05) is 31.4 Å². The Morgan fingerprint density at radius 1 is 1.29 bits per heavy atom. The number of hydrogen-bond acceptors (Lipinski definition) is 6. The minimum absolute atomic E-state index is 0.0204. The van der Waals surface area contributed by atoms with E-state index < -0.39 is 0 Å². The lowest BCUT2D eigenvalue weighted by atomic mass is 10.0. The van der Waals surface area contributed by atoms with E-state index >= 15 is 0 Å².